The molecule has 2 aromatic carbocycles. The number of hydrogen-bond donors (Lipinski definition) is 3. The third-order valence-corrected chi connectivity index (χ3v) is 4.46. The molecule has 1 amide bonds. The van der Waals surface area contributed by atoms with Crippen LogP contribution in [0.25, 0.3) is 0 Å². The fourth-order valence-electron chi connectivity index (χ4n) is 2.52. The van der Waals surface area contributed by atoms with Crippen molar-refractivity contribution in [1.82, 2.24) is 10.5 Å². The van der Waals surface area contributed by atoms with Crippen LogP contribution >= 0.6 is 11.3 Å². The molecule has 3 N–H and O–H groups in total. The molecule has 24 heavy (non-hydrogen) atoms. The first-order chi connectivity index (χ1) is 11.8. The zero-order chi connectivity index (χ0) is 16.8. The Labute approximate surface area is 144 Å². The number of amides is 1. The summed E-state index contributed by atoms with van der Waals surface area (Å²) in [7, 11) is 0. The molecule has 0 spiro atoms. The number of benzene rings is 2. The summed E-state index contributed by atoms with van der Waals surface area (Å²) in [5.74, 6) is -1.01. The summed E-state index contributed by atoms with van der Waals surface area (Å²) in [5.41, 5.74) is 4.35. The third kappa shape index (κ3) is 3.79. The Morgan fingerprint density at radius 1 is 1.08 bits per heavy atom. The van der Waals surface area contributed by atoms with Crippen LogP contribution < -0.4 is 10.8 Å². The summed E-state index contributed by atoms with van der Waals surface area (Å²) in [4.78, 5) is 16.3. The normalized spacial score (nSPS) is 11.7. The standard InChI is InChI=1S/C18H17N3O2S/c22-18(21-23)17(13-4-2-1-3-5-13)14-6-8-15(9-7-14)20-12-16-19-10-11-24-16/h1-11,17,20,23H,12H2,(H,21,22). The van der Waals surface area contributed by atoms with E-state index in [4.69, 9.17) is 5.21 Å². The Morgan fingerprint density at radius 3 is 2.42 bits per heavy atom. The second-order valence-electron chi connectivity index (χ2n) is 5.22. The van der Waals surface area contributed by atoms with Crippen LogP contribution in [0.3, 0.4) is 0 Å². The van der Waals surface area contributed by atoms with E-state index < -0.39 is 11.8 Å². The SMILES string of the molecule is O=C(NO)C(c1ccccc1)c1ccc(NCc2nccs2)cc1. The van der Waals surface area contributed by atoms with Crippen LogP contribution in [0.2, 0.25) is 0 Å². The van der Waals surface area contributed by atoms with E-state index in [1.807, 2.05) is 60.0 Å². The van der Waals surface area contributed by atoms with Gasteiger partial charge in [0, 0.05) is 17.3 Å². The molecule has 1 atom stereocenters. The van der Waals surface area contributed by atoms with Gasteiger partial charge in [0.2, 0.25) is 0 Å². The van der Waals surface area contributed by atoms with Gasteiger partial charge in [-0.05, 0) is 23.3 Å². The van der Waals surface area contributed by atoms with Crippen molar-refractivity contribution in [1.29, 1.82) is 0 Å². The summed E-state index contributed by atoms with van der Waals surface area (Å²) >= 11 is 1.60. The van der Waals surface area contributed by atoms with E-state index in [0.29, 0.717) is 6.54 Å². The van der Waals surface area contributed by atoms with Crippen molar-refractivity contribution < 1.29 is 10.0 Å². The zero-order valence-electron chi connectivity index (χ0n) is 12.8. The van der Waals surface area contributed by atoms with E-state index in [1.54, 1.807) is 23.0 Å². The van der Waals surface area contributed by atoms with Crippen LogP contribution in [0.1, 0.15) is 22.1 Å². The number of thiazole rings is 1. The van der Waals surface area contributed by atoms with Crippen LogP contribution in [0.4, 0.5) is 5.69 Å². The van der Waals surface area contributed by atoms with Gasteiger partial charge in [-0.15, -0.1) is 11.3 Å². The van der Waals surface area contributed by atoms with Gasteiger partial charge in [0.05, 0.1) is 12.5 Å². The predicted octanol–water partition coefficient (Wildman–Crippen LogP) is 3.39. The summed E-state index contributed by atoms with van der Waals surface area (Å²) in [5, 5.41) is 15.3. The first-order valence-electron chi connectivity index (χ1n) is 7.49. The fourth-order valence-corrected chi connectivity index (χ4v) is 3.07. The molecule has 122 valence electrons. The van der Waals surface area contributed by atoms with Gasteiger partial charge in [0.1, 0.15) is 5.01 Å². The second-order valence-corrected chi connectivity index (χ2v) is 6.20. The van der Waals surface area contributed by atoms with Gasteiger partial charge >= 0.3 is 0 Å². The Morgan fingerprint density at radius 2 is 1.79 bits per heavy atom. The molecule has 3 aromatic rings. The van der Waals surface area contributed by atoms with Gasteiger partial charge in [-0.3, -0.25) is 10.0 Å². The Kier molecular flexibility index (Phi) is 5.20. The molecule has 0 aliphatic heterocycles. The average Bonchev–Trinajstić information content (AvgIpc) is 3.15. The number of aromatic nitrogens is 1. The predicted molar refractivity (Wildman–Crippen MR) is 94.1 cm³/mol. The number of nitrogens with zero attached hydrogens (tertiary/aromatic N) is 1. The number of rotatable bonds is 6. The minimum Gasteiger partial charge on any atom is -0.379 e. The van der Waals surface area contributed by atoms with Gasteiger partial charge in [-0.1, -0.05) is 42.5 Å². The number of carbonyl (C=O) groups is 1. The van der Waals surface area contributed by atoms with Gasteiger partial charge in [0.15, 0.2) is 0 Å². The van der Waals surface area contributed by atoms with E-state index in [2.05, 4.69) is 10.3 Å². The van der Waals surface area contributed by atoms with E-state index in [-0.39, 0.29) is 0 Å². The minimum absolute atomic E-state index is 0.454. The monoisotopic (exact) mass is 339 g/mol. The molecule has 0 bridgehead atoms. The molecule has 1 aromatic heterocycles. The number of hydroxylamine groups is 1. The molecule has 0 saturated heterocycles. The van der Waals surface area contributed by atoms with Crippen LogP contribution in [-0.4, -0.2) is 16.1 Å². The van der Waals surface area contributed by atoms with Crippen LogP contribution in [0.15, 0.2) is 66.2 Å². The number of hydrogen-bond acceptors (Lipinski definition) is 5. The topological polar surface area (TPSA) is 74.2 Å². The van der Waals surface area contributed by atoms with Crippen molar-refractivity contribution in [2.24, 2.45) is 0 Å². The smallest absolute Gasteiger partial charge is 0.255 e. The van der Waals surface area contributed by atoms with Crippen molar-refractivity contribution in [2.75, 3.05) is 5.32 Å². The first kappa shape index (κ1) is 16.2. The van der Waals surface area contributed by atoms with Crippen molar-refractivity contribution in [3.05, 3.63) is 82.3 Å². The largest absolute Gasteiger partial charge is 0.379 e. The molecule has 5 nitrogen and oxygen atoms in total. The van der Waals surface area contributed by atoms with Crippen molar-refractivity contribution in [2.45, 2.75) is 12.5 Å². The van der Waals surface area contributed by atoms with Crippen LogP contribution in [-0.2, 0) is 11.3 Å². The molecule has 0 radical (unpaired) electrons. The maximum atomic E-state index is 12.1. The highest BCUT2D eigenvalue weighted by Gasteiger charge is 2.22. The fraction of sp³-hybridized carbons (Fsp3) is 0.111. The average molecular weight is 339 g/mol. The summed E-state index contributed by atoms with van der Waals surface area (Å²) in [6.07, 6.45) is 1.78. The number of nitrogens with one attached hydrogen (secondary N) is 2. The highest BCUT2D eigenvalue weighted by molar-refractivity contribution is 7.09. The first-order valence-corrected chi connectivity index (χ1v) is 8.37. The minimum atomic E-state index is -0.552. The molecule has 1 heterocycles. The lowest BCUT2D eigenvalue weighted by Crippen LogP contribution is -2.27. The molecular formula is C18H17N3O2S. The molecule has 1 unspecified atom stereocenters. The Balaban J connectivity index is 1.77. The number of anilines is 1. The molecule has 0 fully saturated rings. The van der Waals surface area contributed by atoms with E-state index in [1.165, 1.54) is 0 Å². The molecule has 3 rings (SSSR count). The van der Waals surface area contributed by atoms with Gasteiger partial charge in [-0.25, -0.2) is 10.5 Å². The van der Waals surface area contributed by atoms with Crippen molar-refractivity contribution >= 4 is 22.9 Å². The van der Waals surface area contributed by atoms with Gasteiger partial charge < -0.3 is 5.32 Å². The van der Waals surface area contributed by atoms with Crippen molar-refractivity contribution in [3.63, 3.8) is 0 Å². The lowest BCUT2D eigenvalue weighted by Gasteiger charge is -2.16. The zero-order valence-corrected chi connectivity index (χ0v) is 13.7. The summed E-state index contributed by atoms with van der Waals surface area (Å²) in [6, 6.07) is 17.0. The van der Waals surface area contributed by atoms with Crippen LogP contribution in [0, 0.1) is 0 Å². The quantitative estimate of drug-likeness (QED) is 0.475. The summed E-state index contributed by atoms with van der Waals surface area (Å²) in [6.45, 7) is 0.663. The molecule has 6 heteroatoms. The van der Waals surface area contributed by atoms with Crippen molar-refractivity contribution in [3.8, 4) is 0 Å². The Bertz CT molecular complexity index is 774. The molecule has 0 aliphatic carbocycles. The highest BCUT2D eigenvalue weighted by atomic mass is 32.1. The van der Waals surface area contributed by atoms with Crippen LogP contribution in [0.5, 0.6) is 0 Å². The number of carbonyl (C=O) groups excluding carboxylic acids is 1. The van der Waals surface area contributed by atoms with E-state index in [0.717, 1.165) is 21.8 Å². The summed E-state index contributed by atoms with van der Waals surface area (Å²) < 4.78 is 0. The molecule has 0 saturated carbocycles. The maximum absolute atomic E-state index is 12.1. The van der Waals surface area contributed by atoms with Gasteiger partial charge in [0.25, 0.3) is 5.91 Å². The second kappa shape index (κ2) is 7.72. The maximum Gasteiger partial charge on any atom is 0.255 e. The van der Waals surface area contributed by atoms with Gasteiger partial charge in [-0.2, -0.15) is 0 Å². The molecule has 0 aliphatic rings. The van der Waals surface area contributed by atoms with E-state index in [9.17, 15) is 4.79 Å². The third-order valence-electron chi connectivity index (χ3n) is 3.68. The lowest BCUT2D eigenvalue weighted by atomic mass is 9.90. The van der Waals surface area contributed by atoms with E-state index >= 15 is 0 Å². The highest BCUT2D eigenvalue weighted by Crippen LogP contribution is 2.26. The Hall–Kier alpha value is -2.70. The molecular weight excluding hydrogens is 322 g/mol. The lowest BCUT2D eigenvalue weighted by molar-refractivity contribution is -0.129.